The molecule has 0 bridgehead atoms. The van der Waals surface area contributed by atoms with Crippen molar-refractivity contribution in [3.8, 4) is 0 Å². The average Bonchev–Trinajstić information content (AvgIpc) is 3.06. The van der Waals surface area contributed by atoms with Crippen LogP contribution in [0.25, 0.3) is 10.9 Å². The molecule has 3 rings (SSSR count). The Hall–Kier alpha value is -2.34. The number of carbonyl (C=O) groups is 2. The quantitative estimate of drug-likeness (QED) is 0.760. The van der Waals surface area contributed by atoms with Crippen molar-refractivity contribution in [2.24, 2.45) is 0 Å². The zero-order valence-corrected chi connectivity index (χ0v) is 14.9. The van der Waals surface area contributed by atoms with Crippen LogP contribution in [0.1, 0.15) is 37.7 Å². The van der Waals surface area contributed by atoms with Crippen LogP contribution in [0.4, 0.5) is 0 Å². The molecule has 6 heteroatoms. The number of aromatic nitrogens is 1. The summed E-state index contributed by atoms with van der Waals surface area (Å²) in [5.41, 5.74) is 2.33. The highest BCUT2D eigenvalue weighted by Crippen LogP contribution is 2.21. The summed E-state index contributed by atoms with van der Waals surface area (Å²) in [7, 11) is 0. The molecule has 1 aromatic heterocycles. The SMILES string of the molecule is O=C(O)CCN(C(=O)CCCc1c[nH]c2ccccc12)C1CCOCC1. The first-order chi connectivity index (χ1) is 12.6. The number of para-hydroxylation sites is 1. The Bertz CT molecular complexity index is 749. The van der Waals surface area contributed by atoms with Crippen LogP contribution in [-0.2, 0) is 20.7 Å². The molecule has 1 aliphatic heterocycles. The number of carbonyl (C=O) groups excluding carboxylic acids is 1. The fraction of sp³-hybridized carbons (Fsp3) is 0.500. The van der Waals surface area contributed by atoms with E-state index in [0.29, 0.717) is 19.6 Å². The molecule has 1 aliphatic rings. The van der Waals surface area contributed by atoms with Gasteiger partial charge in [-0.15, -0.1) is 0 Å². The number of nitrogens with zero attached hydrogens (tertiary/aromatic N) is 1. The standard InChI is InChI=1S/C20H26N2O4/c23-19(22(11-8-20(24)25)16-9-12-26-13-10-16)7-3-4-15-14-21-18-6-2-1-5-17(15)18/h1-2,5-6,14,16,21H,3-4,7-13H2,(H,24,25). The van der Waals surface area contributed by atoms with Gasteiger partial charge in [0.25, 0.3) is 0 Å². The molecule has 0 unspecified atom stereocenters. The van der Waals surface area contributed by atoms with E-state index in [4.69, 9.17) is 9.84 Å². The number of amides is 1. The lowest BCUT2D eigenvalue weighted by molar-refractivity contribution is -0.140. The minimum Gasteiger partial charge on any atom is -0.481 e. The Balaban J connectivity index is 1.57. The van der Waals surface area contributed by atoms with Gasteiger partial charge in [0.15, 0.2) is 0 Å². The van der Waals surface area contributed by atoms with Gasteiger partial charge >= 0.3 is 5.97 Å². The molecule has 2 N–H and O–H groups in total. The van der Waals surface area contributed by atoms with Gasteiger partial charge in [-0.3, -0.25) is 9.59 Å². The Labute approximate surface area is 153 Å². The molecule has 0 aliphatic carbocycles. The second-order valence-electron chi connectivity index (χ2n) is 6.79. The second-order valence-corrected chi connectivity index (χ2v) is 6.79. The topological polar surface area (TPSA) is 82.6 Å². The van der Waals surface area contributed by atoms with Crippen LogP contribution in [-0.4, -0.2) is 52.7 Å². The van der Waals surface area contributed by atoms with Gasteiger partial charge in [-0.25, -0.2) is 0 Å². The largest absolute Gasteiger partial charge is 0.481 e. The van der Waals surface area contributed by atoms with Crippen LogP contribution < -0.4 is 0 Å². The van der Waals surface area contributed by atoms with Crippen molar-refractivity contribution in [2.75, 3.05) is 19.8 Å². The van der Waals surface area contributed by atoms with Crippen molar-refractivity contribution < 1.29 is 19.4 Å². The maximum absolute atomic E-state index is 12.7. The summed E-state index contributed by atoms with van der Waals surface area (Å²) in [5.74, 6) is -0.813. The predicted octanol–water partition coefficient (Wildman–Crippen LogP) is 2.97. The molecule has 0 spiro atoms. The molecule has 1 aromatic carbocycles. The van der Waals surface area contributed by atoms with E-state index in [1.807, 2.05) is 24.4 Å². The van der Waals surface area contributed by atoms with E-state index in [-0.39, 0.29) is 24.9 Å². The maximum Gasteiger partial charge on any atom is 0.305 e. The molecular formula is C20H26N2O4. The van der Waals surface area contributed by atoms with Crippen LogP contribution >= 0.6 is 0 Å². The van der Waals surface area contributed by atoms with E-state index in [1.54, 1.807) is 4.90 Å². The number of nitrogens with one attached hydrogen (secondary N) is 1. The Morgan fingerprint density at radius 3 is 2.73 bits per heavy atom. The number of benzene rings is 1. The zero-order valence-electron chi connectivity index (χ0n) is 14.9. The molecule has 1 saturated heterocycles. The first kappa shape index (κ1) is 18.5. The maximum atomic E-state index is 12.7. The summed E-state index contributed by atoms with van der Waals surface area (Å²) < 4.78 is 5.37. The van der Waals surface area contributed by atoms with Crippen molar-refractivity contribution in [1.82, 2.24) is 9.88 Å². The summed E-state index contributed by atoms with van der Waals surface area (Å²) in [6, 6.07) is 8.25. The fourth-order valence-corrected chi connectivity index (χ4v) is 3.64. The van der Waals surface area contributed by atoms with Gasteiger partial charge in [0.05, 0.1) is 6.42 Å². The molecule has 26 heavy (non-hydrogen) atoms. The molecule has 2 aromatic rings. The minimum atomic E-state index is -0.867. The molecule has 1 fully saturated rings. The first-order valence-corrected chi connectivity index (χ1v) is 9.29. The monoisotopic (exact) mass is 358 g/mol. The van der Waals surface area contributed by atoms with Crippen LogP contribution in [0.3, 0.4) is 0 Å². The summed E-state index contributed by atoms with van der Waals surface area (Å²) in [4.78, 5) is 28.7. The van der Waals surface area contributed by atoms with Gasteiger partial charge in [0.2, 0.25) is 5.91 Å². The van der Waals surface area contributed by atoms with Gasteiger partial charge in [0.1, 0.15) is 0 Å². The Morgan fingerprint density at radius 2 is 1.96 bits per heavy atom. The molecule has 0 saturated carbocycles. The number of fused-ring (bicyclic) bond motifs is 1. The van der Waals surface area contributed by atoms with E-state index in [0.717, 1.165) is 31.2 Å². The van der Waals surface area contributed by atoms with Crippen LogP contribution in [0.2, 0.25) is 0 Å². The highest BCUT2D eigenvalue weighted by atomic mass is 16.5. The normalized spacial score (nSPS) is 15.2. The average molecular weight is 358 g/mol. The number of H-pyrrole nitrogens is 1. The lowest BCUT2D eigenvalue weighted by Gasteiger charge is -2.34. The van der Waals surface area contributed by atoms with Gasteiger partial charge in [-0.1, -0.05) is 18.2 Å². The van der Waals surface area contributed by atoms with Crippen LogP contribution in [0.5, 0.6) is 0 Å². The summed E-state index contributed by atoms with van der Waals surface area (Å²) >= 11 is 0. The second kappa shape index (κ2) is 8.85. The smallest absolute Gasteiger partial charge is 0.305 e. The number of ether oxygens (including phenoxy) is 1. The van der Waals surface area contributed by atoms with Crippen molar-refractivity contribution >= 4 is 22.8 Å². The van der Waals surface area contributed by atoms with E-state index in [2.05, 4.69) is 11.1 Å². The predicted molar refractivity (Wildman–Crippen MR) is 99.0 cm³/mol. The number of hydrogen-bond donors (Lipinski definition) is 2. The lowest BCUT2D eigenvalue weighted by Crippen LogP contribution is -2.44. The molecule has 1 amide bonds. The van der Waals surface area contributed by atoms with E-state index in [9.17, 15) is 9.59 Å². The third-order valence-electron chi connectivity index (χ3n) is 5.03. The lowest BCUT2D eigenvalue weighted by atomic mass is 10.0. The van der Waals surface area contributed by atoms with E-state index in [1.165, 1.54) is 10.9 Å². The molecule has 0 radical (unpaired) electrons. The van der Waals surface area contributed by atoms with Crippen molar-refractivity contribution in [3.63, 3.8) is 0 Å². The summed E-state index contributed by atoms with van der Waals surface area (Å²) in [6.07, 6.45) is 5.60. The Kier molecular flexibility index (Phi) is 6.28. The third-order valence-corrected chi connectivity index (χ3v) is 5.03. The highest BCUT2D eigenvalue weighted by molar-refractivity contribution is 5.83. The number of aromatic amines is 1. The summed E-state index contributed by atoms with van der Waals surface area (Å²) in [6.45, 7) is 1.56. The van der Waals surface area contributed by atoms with Gasteiger partial charge in [0, 0.05) is 49.3 Å². The fourth-order valence-electron chi connectivity index (χ4n) is 3.64. The molecule has 6 nitrogen and oxygen atoms in total. The van der Waals surface area contributed by atoms with Crippen LogP contribution in [0.15, 0.2) is 30.5 Å². The molecular weight excluding hydrogens is 332 g/mol. The number of rotatable bonds is 8. The molecule has 0 atom stereocenters. The van der Waals surface area contributed by atoms with E-state index >= 15 is 0 Å². The molecule has 2 heterocycles. The number of carboxylic acids is 1. The zero-order chi connectivity index (χ0) is 18.4. The van der Waals surface area contributed by atoms with Crippen molar-refractivity contribution in [2.45, 2.75) is 44.6 Å². The Morgan fingerprint density at radius 1 is 1.19 bits per heavy atom. The minimum absolute atomic E-state index is 0.00839. The van der Waals surface area contributed by atoms with Gasteiger partial charge < -0.3 is 19.7 Å². The number of carboxylic acid groups (broad SMARTS) is 1. The third kappa shape index (κ3) is 4.64. The highest BCUT2D eigenvalue weighted by Gasteiger charge is 2.25. The van der Waals surface area contributed by atoms with Gasteiger partial charge in [-0.2, -0.15) is 0 Å². The van der Waals surface area contributed by atoms with Gasteiger partial charge in [-0.05, 0) is 37.3 Å². The van der Waals surface area contributed by atoms with Crippen molar-refractivity contribution in [3.05, 3.63) is 36.0 Å². The number of hydrogen-bond acceptors (Lipinski definition) is 3. The van der Waals surface area contributed by atoms with Crippen molar-refractivity contribution in [1.29, 1.82) is 0 Å². The molecule has 140 valence electrons. The number of aryl methyl sites for hydroxylation is 1. The van der Waals surface area contributed by atoms with E-state index < -0.39 is 5.97 Å². The summed E-state index contributed by atoms with van der Waals surface area (Å²) in [5, 5.41) is 10.2. The number of aliphatic carboxylic acids is 1. The first-order valence-electron chi connectivity index (χ1n) is 9.29. The van der Waals surface area contributed by atoms with Crippen LogP contribution in [0, 0.1) is 0 Å².